The highest BCUT2D eigenvalue weighted by molar-refractivity contribution is 6.01. The quantitative estimate of drug-likeness (QED) is 0.532. The molecule has 180 valence electrons. The average molecular weight is 471 g/mol. The van der Waals surface area contributed by atoms with Crippen LogP contribution in [0.1, 0.15) is 60.5 Å². The summed E-state index contributed by atoms with van der Waals surface area (Å²) in [7, 11) is 0. The van der Waals surface area contributed by atoms with Gasteiger partial charge in [0.25, 0.3) is 5.91 Å². The normalized spacial score (nSPS) is 25.1. The summed E-state index contributed by atoms with van der Waals surface area (Å²) in [5, 5.41) is 26.9. The molecule has 1 aliphatic carbocycles. The minimum Gasteiger partial charge on any atom is -0.393 e. The highest BCUT2D eigenvalue weighted by Crippen LogP contribution is 2.37. The maximum atomic E-state index is 13.8. The number of anilines is 1. The number of aliphatic hydroxyl groups excluding tert-OH is 1. The Morgan fingerprint density at radius 2 is 1.88 bits per heavy atom. The van der Waals surface area contributed by atoms with E-state index in [2.05, 4.69) is 15.3 Å². The summed E-state index contributed by atoms with van der Waals surface area (Å²) in [6.07, 6.45) is 7.04. The second-order valence-corrected chi connectivity index (χ2v) is 9.46. The van der Waals surface area contributed by atoms with E-state index in [-0.39, 0.29) is 24.6 Å². The Morgan fingerprint density at radius 1 is 1.15 bits per heavy atom. The van der Waals surface area contributed by atoms with E-state index in [1.807, 2.05) is 12.1 Å². The van der Waals surface area contributed by atoms with Gasteiger partial charge in [0, 0.05) is 30.5 Å². The molecule has 34 heavy (non-hydrogen) atoms. The fourth-order valence-electron chi connectivity index (χ4n) is 5.23. The smallest absolute Gasteiger partial charge is 0.255 e. The highest BCUT2D eigenvalue weighted by Gasteiger charge is 2.33. The van der Waals surface area contributed by atoms with Crippen molar-refractivity contribution in [2.75, 3.05) is 18.1 Å². The third-order valence-electron chi connectivity index (χ3n) is 7.15. The molecule has 9 heteroatoms. The molecule has 2 aromatic heterocycles. The van der Waals surface area contributed by atoms with Crippen molar-refractivity contribution in [2.24, 2.45) is 0 Å². The van der Waals surface area contributed by atoms with Gasteiger partial charge in [0.05, 0.1) is 35.5 Å². The molecular weight excluding hydrogens is 442 g/mol. The number of aromatic nitrogens is 2. The number of nitrogens with one attached hydrogen (secondary N) is 1. The zero-order chi connectivity index (χ0) is 23.9. The highest BCUT2D eigenvalue weighted by atomic mass is 19.1. The molecule has 5 rings (SSSR count). The van der Waals surface area contributed by atoms with E-state index in [1.54, 1.807) is 10.7 Å². The Balaban J connectivity index is 1.37. The molecule has 0 bridgehead atoms. The van der Waals surface area contributed by atoms with Gasteiger partial charge in [-0.25, -0.2) is 13.3 Å². The number of benzene rings is 1. The van der Waals surface area contributed by atoms with Crippen LogP contribution in [0.15, 0.2) is 42.7 Å². The molecular formula is C25H28F2N4O3. The van der Waals surface area contributed by atoms with Gasteiger partial charge in [-0.3, -0.25) is 4.79 Å². The number of amides is 1. The van der Waals surface area contributed by atoms with Crippen LogP contribution in [0.3, 0.4) is 0 Å². The first-order valence-electron chi connectivity index (χ1n) is 11.7. The number of aliphatic hydroxyl groups is 2. The van der Waals surface area contributed by atoms with E-state index >= 15 is 0 Å². The maximum Gasteiger partial charge on any atom is 0.255 e. The Kier molecular flexibility index (Phi) is 5.99. The summed E-state index contributed by atoms with van der Waals surface area (Å²) in [5.41, 5.74) is 1.49. The van der Waals surface area contributed by atoms with Gasteiger partial charge < -0.3 is 20.4 Å². The summed E-state index contributed by atoms with van der Waals surface area (Å²) in [6, 6.07) is 7.19. The molecule has 1 amide bonds. The van der Waals surface area contributed by atoms with Crippen molar-refractivity contribution in [3.05, 3.63) is 65.5 Å². The van der Waals surface area contributed by atoms with Crippen LogP contribution in [0.25, 0.3) is 5.52 Å². The zero-order valence-corrected chi connectivity index (χ0v) is 18.8. The number of carbonyl (C=O) groups is 1. The Hall–Kier alpha value is -3.04. The predicted molar refractivity (Wildman–Crippen MR) is 123 cm³/mol. The van der Waals surface area contributed by atoms with Crippen LogP contribution in [0, 0.1) is 11.6 Å². The third-order valence-corrected chi connectivity index (χ3v) is 7.15. The fraction of sp³-hybridized carbons (Fsp3) is 0.440. The van der Waals surface area contributed by atoms with Gasteiger partial charge in [0.2, 0.25) is 0 Å². The SMILES string of the molecule is O=C(NC1CCC(O)(CO)CC1)c1cnn2ccc(N3CCC[C@@H]3c3cc(F)cc(F)c3)cc12. The number of carbonyl (C=O) groups excluding carboxylic acids is 1. The number of halogens is 2. The molecule has 0 spiro atoms. The molecule has 0 radical (unpaired) electrons. The Labute approximate surface area is 196 Å². The lowest BCUT2D eigenvalue weighted by Gasteiger charge is -2.34. The first-order valence-corrected chi connectivity index (χ1v) is 11.7. The van der Waals surface area contributed by atoms with Gasteiger partial charge >= 0.3 is 0 Å². The van der Waals surface area contributed by atoms with E-state index in [1.165, 1.54) is 18.3 Å². The topological polar surface area (TPSA) is 90.1 Å². The maximum absolute atomic E-state index is 13.8. The van der Waals surface area contributed by atoms with E-state index < -0.39 is 17.2 Å². The van der Waals surface area contributed by atoms with Crippen LogP contribution >= 0.6 is 0 Å². The van der Waals surface area contributed by atoms with Gasteiger partial charge in [-0.1, -0.05) is 0 Å². The molecule has 1 saturated carbocycles. The number of pyridine rings is 1. The van der Waals surface area contributed by atoms with Crippen molar-refractivity contribution in [1.82, 2.24) is 14.9 Å². The predicted octanol–water partition coefficient (Wildman–Crippen LogP) is 3.35. The molecule has 2 aliphatic rings. The second kappa shape index (κ2) is 8.96. The first-order chi connectivity index (χ1) is 16.3. The first kappa shape index (κ1) is 22.7. The van der Waals surface area contributed by atoms with Crippen molar-refractivity contribution < 1.29 is 23.8 Å². The summed E-state index contributed by atoms with van der Waals surface area (Å²) >= 11 is 0. The minimum absolute atomic E-state index is 0.0803. The van der Waals surface area contributed by atoms with Crippen LogP contribution in [0.2, 0.25) is 0 Å². The molecule has 1 atom stereocenters. The minimum atomic E-state index is -1.06. The van der Waals surface area contributed by atoms with Gasteiger partial charge in [-0.15, -0.1) is 0 Å². The van der Waals surface area contributed by atoms with Crippen LogP contribution in [-0.2, 0) is 0 Å². The van der Waals surface area contributed by atoms with Crippen molar-refractivity contribution in [3.8, 4) is 0 Å². The number of hydrogen-bond acceptors (Lipinski definition) is 5. The van der Waals surface area contributed by atoms with Gasteiger partial charge in [-0.05, 0) is 68.4 Å². The lowest BCUT2D eigenvalue weighted by molar-refractivity contribution is -0.0468. The lowest BCUT2D eigenvalue weighted by atomic mass is 9.83. The summed E-state index contributed by atoms with van der Waals surface area (Å²) in [5.74, 6) is -1.42. The largest absolute Gasteiger partial charge is 0.393 e. The molecule has 1 aliphatic heterocycles. The van der Waals surface area contributed by atoms with E-state index in [0.29, 0.717) is 42.3 Å². The molecule has 0 unspecified atom stereocenters. The van der Waals surface area contributed by atoms with Crippen LogP contribution in [-0.4, -0.2) is 50.5 Å². The zero-order valence-electron chi connectivity index (χ0n) is 18.8. The molecule has 3 heterocycles. The van der Waals surface area contributed by atoms with Gasteiger partial charge in [-0.2, -0.15) is 5.10 Å². The van der Waals surface area contributed by atoms with E-state index in [4.69, 9.17) is 0 Å². The fourth-order valence-corrected chi connectivity index (χ4v) is 5.23. The van der Waals surface area contributed by atoms with Crippen LogP contribution < -0.4 is 10.2 Å². The van der Waals surface area contributed by atoms with Crippen molar-refractivity contribution >= 4 is 17.1 Å². The van der Waals surface area contributed by atoms with Gasteiger partial charge in [0.1, 0.15) is 11.6 Å². The lowest BCUT2D eigenvalue weighted by Crippen LogP contribution is -2.45. The standard InChI is InChI=1S/C25H28F2N4O3/c26-17-10-16(11-18(27)12-17)22-2-1-8-30(22)20-5-9-31-23(13-20)21(14-28-31)24(33)29-19-3-6-25(34,15-32)7-4-19/h5,9-14,19,22,32,34H,1-4,6-8,15H2,(H,29,33)/t19?,22-,25?/m1/s1. The van der Waals surface area contributed by atoms with Crippen LogP contribution in [0.4, 0.5) is 14.5 Å². The van der Waals surface area contributed by atoms with Crippen molar-refractivity contribution in [1.29, 1.82) is 0 Å². The number of hydrogen-bond donors (Lipinski definition) is 3. The molecule has 1 aromatic carbocycles. The van der Waals surface area contributed by atoms with Crippen molar-refractivity contribution in [3.63, 3.8) is 0 Å². The Bertz CT molecular complexity index is 1190. The molecule has 3 N–H and O–H groups in total. The van der Waals surface area contributed by atoms with E-state index in [0.717, 1.165) is 31.1 Å². The summed E-state index contributed by atoms with van der Waals surface area (Å²) in [4.78, 5) is 15.1. The monoisotopic (exact) mass is 470 g/mol. The number of nitrogens with zero attached hydrogens (tertiary/aromatic N) is 3. The molecule has 7 nitrogen and oxygen atoms in total. The average Bonchev–Trinajstić information content (AvgIpc) is 3.47. The Morgan fingerprint density at radius 3 is 2.59 bits per heavy atom. The molecule has 3 aromatic rings. The molecule has 2 fully saturated rings. The van der Waals surface area contributed by atoms with Gasteiger partial charge in [0.15, 0.2) is 0 Å². The van der Waals surface area contributed by atoms with Crippen molar-refractivity contribution in [2.45, 2.75) is 56.2 Å². The third kappa shape index (κ3) is 4.37. The second-order valence-electron chi connectivity index (χ2n) is 9.46. The summed E-state index contributed by atoms with van der Waals surface area (Å²) in [6.45, 7) is 0.467. The molecule has 1 saturated heterocycles. The number of fused-ring (bicyclic) bond motifs is 1. The van der Waals surface area contributed by atoms with E-state index in [9.17, 15) is 23.8 Å². The summed E-state index contributed by atoms with van der Waals surface area (Å²) < 4.78 is 29.3. The number of rotatable bonds is 5. The van der Waals surface area contributed by atoms with Crippen LogP contribution in [0.5, 0.6) is 0 Å².